The maximum atomic E-state index is 12.5. The summed E-state index contributed by atoms with van der Waals surface area (Å²) in [6.07, 6.45) is 2.02. The number of aryl methyl sites for hydroxylation is 1. The number of piperidine rings is 1. The first kappa shape index (κ1) is 14.8. The monoisotopic (exact) mass is 300 g/mol. The summed E-state index contributed by atoms with van der Waals surface area (Å²) in [7, 11) is 0. The summed E-state index contributed by atoms with van der Waals surface area (Å²) in [4.78, 5) is 39.3. The molecule has 1 aromatic carbocycles. The van der Waals surface area contributed by atoms with Gasteiger partial charge in [0.05, 0.1) is 0 Å². The van der Waals surface area contributed by atoms with Gasteiger partial charge in [0.1, 0.15) is 0 Å². The Bertz CT molecular complexity index is 602. The van der Waals surface area contributed by atoms with Gasteiger partial charge in [-0.25, -0.2) is 0 Å². The van der Waals surface area contributed by atoms with E-state index >= 15 is 0 Å². The fraction of sp³-hybridized carbons (Fsp3) is 0.471. The molecule has 22 heavy (non-hydrogen) atoms. The molecule has 1 aromatic rings. The van der Waals surface area contributed by atoms with Crippen LogP contribution in [0.1, 0.15) is 41.6 Å². The van der Waals surface area contributed by atoms with Crippen LogP contribution in [0.4, 0.5) is 0 Å². The molecule has 0 radical (unpaired) electrons. The first-order valence-electron chi connectivity index (χ1n) is 7.77. The van der Waals surface area contributed by atoms with Crippen molar-refractivity contribution in [2.24, 2.45) is 0 Å². The Balaban J connectivity index is 1.63. The number of likely N-dealkylation sites (tertiary alicyclic amines) is 2. The number of hydrogen-bond donors (Lipinski definition) is 0. The van der Waals surface area contributed by atoms with Crippen LogP contribution in [0.2, 0.25) is 0 Å². The third-order valence-electron chi connectivity index (χ3n) is 4.47. The highest BCUT2D eigenvalue weighted by molar-refractivity contribution is 6.02. The van der Waals surface area contributed by atoms with E-state index in [1.807, 2.05) is 36.1 Å². The largest absolute Gasteiger partial charge is 0.338 e. The molecule has 0 bridgehead atoms. The second-order valence-electron chi connectivity index (χ2n) is 6.05. The van der Waals surface area contributed by atoms with Crippen LogP contribution in [0.25, 0.3) is 0 Å². The van der Waals surface area contributed by atoms with Crippen LogP contribution >= 0.6 is 0 Å². The molecule has 3 rings (SSSR count). The van der Waals surface area contributed by atoms with Crippen molar-refractivity contribution in [3.8, 4) is 0 Å². The van der Waals surface area contributed by atoms with Crippen molar-refractivity contribution in [2.45, 2.75) is 38.6 Å². The molecule has 0 spiro atoms. The fourth-order valence-corrected chi connectivity index (χ4v) is 3.29. The van der Waals surface area contributed by atoms with Gasteiger partial charge in [0, 0.05) is 37.5 Å². The fourth-order valence-electron chi connectivity index (χ4n) is 3.29. The van der Waals surface area contributed by atoms with E-state index in [4.69, 9.17) is 0 Å². The highest BCUT2D eigenvalue weighted by Crippen LogP contribution is 2.24. The predicted molar refractivity (Wildman–Crippen MR) is 81.2 cm³/mol. The van der Waals surface area contributed by atoms with Crippen molar-refractivity contribution in [3.63, 3.8) is 0 Å². The van der Waals surface area contributed by atoms with E-state index in [2.05, 4.69) is 0 Å². The number of carbonyl (C=O) groups excluding carboxylic acids is 3. The maximum Gasteiger partial charge on any atom is 0.253 e. The van der Waals surface area contributed by atoms with Crippen LogP contribution in [-0.2, 0) is 9.59 Å². The minimum Gasteiger partial charge on any atom is -0.338 e. The van der Waals surface area contributed by atoms with Crippen molar-refractivity contribution >= 4 is 17.7 Å². The average Bonchev–Trinajstić information content (AvgIpc) is 2.86. The zero-order valence-corrected chi connectivity index (χ0v) is 12.7. The summed E-state index contributed by atoms with van der Waals surface area (Å²) in [5, 5.41) is 0. The number of hydrogen-bond acceptors (Lipinski definition) is 3. The van der Waals surface area contributed by atoms with E-state index in [0.29, 0.717) is 44.3 Å². The normalized spacial score (nSPS) is 19.9. The molecule has 2 saturated heterocycles. The highest BCUT2D eigenvalue weighted by Gasteiger charge is 2.37. The van der Waals surface area contributed by atoms with Crippen LogP contribution in [0.3, 0.4) is 0 Å². The van der Waals surface area contributed by atoms with Gasteiger partial charge in [-0.15, -0.1) is 0 Å². The predicted octanol–water partition coefficient (Wildman–Crippen LogP) is 1.75. The molecule has 0 unspecified atom stereocenters. The topological polar surface area (TPSA) is 57.7 Å². The van der Waals surface area contributed by atoms with Crippen molar-refractivity contribution < 1.29 is 14.4 Å². The standard InChI is InChI=1S/C17H20N2O3/c1-12-3-2-4-13(11-12)17(22)18-9-7-14(8-10-18)19-15(20)5-6-16(19)21/h2-4,11,14H,5-10H2,1H3. The molecule has 0 saturated carbocycles. The number of benzene rings is 1. The molecule has 2 aliphatic rings. The van der Waals surface area contributed by atoms with Gasteiger partial charge in [-0.05, 0) is 31.9 Å². The van der Waals surface area contributed by atoms with Crippen molar-refractivity contribution in [1.82, 2.24) is 9.80 Å². The Morgan fingerprint density at radius 3 is 2.32 bits per heavy atom. The van der Waals surface area contributed by atoms with Crippen molar-refractivity contribution in [2.75, 3.05) is 13.1 Å². The lowest BCUT2D eigenvalue weighted by molar-refractivity contribution is -0.141. The van der Waals surface area contributed by atoms with E-state index in [0.717, 1.165) is 5.56 Å². The number of amides is 3. The molecule has 0 aliphatic carbocycles. The van der Waals surface area contributed by atoms with E-state index in [-0.39, 0.29) is 23.8 Å². The summed E-state index contributed by atoms with van der Waals surface area (Å²) in [5.41, 5.74) is 1.76. The zero-order valence-electron chi connectivity index (χ0n) is 12.7. The number of rotatable bonds is 2. The molecule has 2 aliphatic heterocycles. The molecule has 0 aromatic heterocycles. The lowest BCUT2D eigenvalue weighted by atomic mass is 10.0. The minimum absolute atomic E-state index is 0.0289. The molecule has 2 fully saturated rings. The Morgan fingerprint density at radius 1 is 1.09 bits per heavy atom. The minimum atomic E-state index is -0.0616. The van der Waals surface area contributed by atoms with Gasteiger partial charge in [-0.3, -0.25) is 19.3 Å². The van der Waals surface area contributed by atoms with Gasteiger partial charge >= 0.3 is 0 Å². The van der Waals surface area contributed by atoms with Gasteiger partial charge in [0.15, 0.2) is 0 Å². The molecule has 5 nitrogen and oxygen atoms in total. The Hall–Kier alpha value is -2.17. The maximum absolute atomic E-state index is 12.5. The number of imide groups is 1. The zero-order chi connectivity index (χ0) is 15.7. The molecule has 5 heteroatoms. The summed E-state index contributed by atoms with van der Waals surface area (Å²) >= 11 is 0. The van der Waals surface area contributed by atoms with E-state index in [9.17, 15) is 14.4 Å². The van der Waals surface area contributed by atoms with Gasteiger partial charge in [0.2, 0.25) is 11.8 Å². The second kappa shape index (κ2) is 5.91. The van der Waals surface area contributed by atoms with E-state index in [1.165, 1.54) is 4.90 Å². The van der Waals surface area contributed by atoms with Crippen molar-refractivity contribution in [3.05, 3.63) is 35.4 Å². The number of carbonyl (C=O) groups is 3. The first-order chi connectivity index (χ1) is 10.6. The molecular weight excluding hydrogens is 280 g/mol. The molecular formula is C17H20N2O3. The summed E-state index contributed by atoms with van der Waals surface area (Å²) < 4.78 is 0. The van der Waals surface area contributed by atoms with Gasteiger partial charge in [0.25, 0.3) is 5.91 Å². The Kier molecular flexibility index (Phi) is 3.96. The van der Waals surface area contributed by atoms with Crippen LogP contribution in [-0.4, -0.2) is 46.7 Å². The van der Waals surface area contributed by atoms with Gasteiger partial charge in [-0.2, -0.15) is 0 Å². The van der Waals surface area contributed by atoms with Gasteiger partial charge < -0.3 is 4.90 Å². The van der Waals surface area contributed by atoms with E-state index in [1.54, 1.807) is 0 Å². The lowest BCUT2D eigenvalue weighted by Gasteiger charge is -2.35. The molecule has 2 heterocycles. The average molecular weight is 300 g/mol. The Morgan fingerprint density at radius 2 is 1.73 bits per heavy atom. The van der Waals surface area contributed by atoms with Crippen molar-refractivity contribution in [1.29, 1.82) is 0 Å². The van der Waals surface area contributed by atoms with Crippen LogP contribution in [0.15, 0.2) is 24.3 Å². The first-order valence-corrected chi connectivity index (χ1v) is 7.77. The molecule has 0 N–H and O–H groups in total. The van der Waals surface area contributed by atoms with Crippen LogP contribution < -0.4 is 0 Å². The quantitative estimate of drug-likeness (QED) is 0.782. The molecule has 0 atom stereocenters. The number of nitrogens with zero attached hydrogens (tertiary/aromatic N) is 2. The smallest absolute Gasteiger partial charge is 0.253 e. The van der Waals surface area contributed by atoms with Crippen LogP contribution in [0, 0.1) is 6.92 Å². The highest BCUT2D eigenvalue weighted by atomic mass is 16.2. The third-order valence-corrected chi connectivity index (χ3v) is 4.47. The summed E-state index contributed by atoms with van der Waals surface area (Å²) in [6.45, 7) is 3.15. The van der Waals surface area contributed by atoms with E-state index < -0.39 is 0 Å². The summed E-state index contributed by atoms with van der Waals surface area (Å²) in [6, 6.07) is 7.53. The molecule has 116 valence electrons. The third kappa shape index (κ3) is 2.75. The summed E-state index contributed by atoms with van der Waals surface area (Å²) in [5.74, 6) is -0.0943. The second-order valence-corrected chi connectivity index (χ2v) is 6.05. The van der Waals surface area contributed by atoms with Crippen LogP contribution in [0.5, 0.6) is 0 Å². The molecule has 3 amide bonds. The Labute approximate surface area is 129 Å². The van der Waals surface area contributed by atoms with Gasteiger partial charge in [-0.1, -0.05) is 17.7 Å². The lowest BCUT2D eigenvalue weighted by Crippen LogP contribution is -2.48. The SMILES string of the molecule is Cc1cccc(C(=O)N2CCC(N3C(=O)CCC3=O)CC2)c1.